The third-order valence-corrected chi connectivity index (χ3v) is 3.68. The van der Waals surface area contributed by atoms with E-state index in [2.05, 4.69) is 40.1 Å². The zero-order valence-electron chi connectivity index (χ0n) is 9.22. The molecule has 0 aliphatic rings. The minimum Gasteiger partial charge on any atom is -0.360 e. The first-order chi connectivity index (χ1) is 8.43. The average Bonchev–Trinajstić information content (AvgIpc) is 2.99. The van der Waals surface area contributed by atoms with E-state index in [9.17, 15) is 0 Å². The molecule has 3 nitrogen and oxygen atoms in total. The van der Waals surface area contributed by atoms with Gasteiger partial charge in [0.25, 0.3) is 0 Å². The van der Waals surface area contributed by atoms with Crippen LogP contribution in [0.5, 0.6) is 0 Å². The van der Waals surface area contributed by atoms with Crippen LogP contribution in [0.15, 0.2) is 46.4 Å². The Balaban J connectivity index is 1.69. The number of benzene rings is 1. The predicted molar refractivity (Wildman–Crippen MR) is 68.9 cm³/mol. The number of hydrogen-bond acceptors (Lipinski definition) is 4. The summed E-state index contributed by atoms with van der Waals surface area (Å²) >= 11 is 1.79. The predicted octanol–water partition coefficient (Wildman–Crippen LogP) is 3.18. The van der Waals surface area contributed by atoms with Crippen molar-refractivity contribution in [2.45, 2.75) is 13.1 Å². The lowest BCUT2D eigenvalue weighted by molar-refractivity contribution is 0.373. The quantitative estimate of drug-likeness (QED) is 0.766. The molecular formula is C13H12N2OS. The number of fused-ring (bicyclic) bond motifs is 1. The van der Waals surface area contributed by atoms with Gasteiger partial charge in [0.2, 0.25) is 0 Å². The van der Waals surface area contributed by atoms with Crippen LogP contribution in [0, 0.1) is 0 Å². The van der Waals surface area contributed by atoms with Crippen LogP contribution in [0.3, 0.4) is 0 Å². The largest absolute Gasteiger partial charge is 0.360 e. The third-order valence-electron chi connectivity index (χ3n) is 2.67. The number of rotatable bonds is 4. The minimum absolute atomic E-state index is 0.712. The van der Waals surface area contributed by atoms with Crippen LogP contribution in [0.2, 0.25) is 0 Å². The molecule has 2 aromatic heterocycles. The van der Waals surface area contributed by atoms with E-state index in [4.69, 9.17) is 4.52 Å². The SMILES string of the molecule is c1ccc2c(CNCc3ccno3)csc2c1. The van der Waals surface area contributed by atoms with Crippen LogP contribution < -0.4 is 5.32 Å². The second-order valence-corrected chi connectivity index (χ2v) is 4.75. The Morgan fingerprint density at radius 2 is 2.12 bits per heavy atom. The summed E-state index contributed by atoms with van der Waals surface area (Å²) in [6.07, 6.45) is 1.66. The van der Waals surface area contributed by atoms with Crippen molar-refractivity contribution in [3.63, 3.8) is 0 Å². The van der Waals surface area contributed by atoms with E-state index in [1.165, 1.54) is 15.6 Å². The Morgan fingerprint density at radius 1 is 1.18 bits per heavy atom. The van der Waals surface area contributed by atoms with Crippen molar-refractivity contribution in [1.82, 2.24) is 10.5 Å². The fourth-order valence-corrected chi connectivity index (χ4v) is 2.79. The lowest BCUT2D eigenvalue weighted by Gasteiger charge is -2.01. The van der Waals surface area contributed by atoms with E-state index in [-0.39, 0.29) is 0 Å². The van der Waals surface area contributed by atoms with Gasteiger partial charge in [0.1, 0.15) is 5.76 Å². The molecule has 0 aliphatic carbocycles. The molecule has 2 heterocycles. The lowest BCUT2D eigenvalue weighted by atomic mass is 10.2. The highest BCUT2D eigenvalue weighted by atomic mass is 32.1. The molecule has 4 heteroatoms. The Hall–Kier alpha value is -1.65. The fraction of sp³-hybridized carbons (Fsp3) is 0.154. The lowest BCUT2D eigenvalue weighted by Crippen LogP contribution is -2.11. The van der Waals surface area contributed by atoms with E-state index >= 15 is 0 Å². The van der Waals surface area contributed by atoms with Gasteiger partial charge < -0.3 is 9.84 Å². The van der Waals surface area contributed by atoms with E-state index in [1.54, 1.807) is 17.5 Å². The van der Waals surface area contributed by atoms with E-state index in [1.807, 2.05) is 6.07 Å². The molecule has 0 bridgehead atoms. The molecule has 0 spiro atoms. The maximum atomic E-state index is 5.03. The van der Waals surface area contributed by atoms with Crippen LogP contribution in [-0.4, -0.2) is 5.16 Å². The van der Waals surface area contributed by atoms with Crippen molar-refractivity contribution < 1.29 is 4.52 Å². The average molecular weight is 244 g/mol. The van der Waals surface area contributed by atoms with Gasteiger partial charge in [-0.25, -0.2) is 0 Å². The van der Waals surface area contributed by atoms with E-state index in [0.29, 0.717) is 6.54 Å². The number of hydrogen-bond donors (Lipinski definition) is 1. The number of nitrogens with one attached hydrogen (secondary N) is 1. The summed E-state index contributed by atoms with van der Waals surface area (Å²) in [6.45, 7) is 1.56. The van der Waals surface area contributed by atoms with Crippen LogP contribution in [-0.2, 0) is 13.1 Å². The Bertz CT molecular complexity index is 601. The summed E-state index contributed by atoms with van der Waals surface area (Å²) in [5.41, 5.74) is 1.34. The first kappa shape index (κ1) is 10.5. The van der Waals surface area contributed by atoms with Crippen molar-refractivity contribution in [2.75, 3.05) is 0 Å². The van der Waals surface area contributed by atoms with Crippen LogP contribution in [0.25, 0.3) is 10.1 Å². The van der Waals surface area contributed by atoms with Crippen molar-refractivity contribution in [2.24, 2.45) is 0 Å². The molecule has 0 fully saturated rings. The zero-order valence-corrected chi connectivity index (χ0v) is 10.0. The molecule has 0 saturated carbocycles. The van der Waals surface area contributed by atoms with Gasteiger partial charge >= 0.3 is 0 Å². The summed E-state index contributed by atoms with van der Waals surface area (Å²) in [4.78, 5) is 0. The van der Waals surface area contributed by atoms with Crippen LogP contribution >= 0.6 is 11.3 Å². The molecule has 86 valence electrons. The van der Waals surface area contributed by atoms with Gasteiger partial charge in [-0.05, 0) is 22.4 Å². The standard InChI is InChI=1S/C13H12N2OS/c1-2-4-13-12(3-1)10(9-17-13)7-14-8-11-5-6-15-16-11/h1-6,9,14H,7-8H2. The summed E-state index contributed by atoms with van der Waals surface area (Å²) in [7, 11) is 0. The van der Waals surface area contributed by atoms with Crippen molar-refractivity contribution >= 4 is 21.4 Å². The summed E-state index contributed by atoms with van der Waals surface area (Å²) in [5.74, 6) is 0.865. The van der Waals surface area contributed by atoms with Crippen LogP contribution in [0.4, 0.5) is 0 Å². The van der Waals surface area contributed by atoms with Crippen molar-refractivity contribution in [3.05, 3.63) is 53.2 Å². The van der Waals surface area contributed by atoms with Gasteiger partial charge in [-0.15, -0.1) is 11.3 Å². The molecule has 3 rings (SSSR count). The highest BCUT2D eigenvalue weighted by Crippen LogP contribution is 2.25. The zero-order chi connectivity index (χ0) is 11.5. The summed E-state index contributed by atoms with van der Waals surface area (Å²) < 4.78 is 6.37. The first-order valence-corrected chi connectivity index (χ1v) is 6.37. The Labute approximate surface area is 103 Å². The molecule has 0 radical (unpaired) electrons. The number of nitrogens with zero attached hydrogens (tertiary/aromatic N) is 1. The maximum absolute atomic E-state index is 5.03. The molecule has 0 amide bonds. The van der Waals surface area contributed by atoms with Gasteiger partial charge in [-0.3, -0.25) is 0 Å². The topological polar surface area (TPSA) is 38.1 Å². The monoisotopic (exact) mass is 244 g/mol. The number of thiophene rings is 1. The molecule has 1 aromatic carbocycles. The second-order valence-electron chi connectivity index (χ2n) is 3.84. The van der Waals surface area contributed by atoms with Gasteiger partial charge in [0.15, 0.2) is 0 Å². The number of aromatic nitrogens is 1. The molecule has 0 aliphatic heterocycles. The third kappa shape index (κ3) is 2.23. The van der Waals surface area contributed by atoms with E-state index in [0.717, 1.165) is 12.3 Å². The summed E-state index contributed by atoms with van der Waals surface area (Å²) in [6, 6.07) is 10.3. The molecule has 0 atom stereocenters. The highest BCUT2D eigenvalue weighted by molar-refractivity contribution is 7.17. The van der Waals surface area contributed by atoms with Gasteiger partial charge in [0.05, 0.1) is 12.7 Å². The molecular weight excluding hydrogens is 232 g/mol. The molecule has 0 unspecified atom stereocenters. The van der Waals surface area contributed by atoms with Crippen molar-refractivity contribution in [3.8, 4) is 0 Å². The molecule has 0 saturated heterocycles. The smallest absolute Gasteiger partial charge is 0.150 e. The first-order valence-electron chi connectivity index (χ1n) is 5.49. The highest BCUT2D eigenvalue weighted by Gasteiger charge is 2.03. The molecule has 1 N–H and O–H groups in total. The van der Waals surface area contributed by atoms with Gasteiger partial charge in [-0.1, -0.05) is 23.4 Å². The molecule has 17 heavy (non-hydrogen) atoms. The Morgan fingerprint density at radius 3 is 3.00 bits per heavy atom. The summed E-state index contributed by atoms with van der Waals surface area (Å²) in [5, 5.41) is 10.6. The fourth-order valence-electron chi connectivity index (χ4n) is 1.82. The normalized spacial score (nSPS) is 11.1. The van der Waals surface area contributed by atoms with Crippen molar-refractivity contribution in [1.29, 1.82) is 0 Å². The van der Waals surface area contributed by atoms with E-state index < -0.39 is 0 Å². The Kier molecular flexibility index (Phi) is 2.90. The van der Waals surface area contributed by atoms with Gasteiger partial charge in [0, 0.05) is 17.3 Å². The maximum Gasteiger partial charge on any atom is 0.150 e. The molecule has 3 aromatic rings. The van der Waals surface area contributed by atoms with Gasteiger partial charge in [-0.2, -0.15) is 0 Å². The van der Waals surface area contributed by atoms with Crippen LogP contribution in [0.1, 0.15) is 11.3 Å². The minimum atomic E-state index is 0.712. The second kappa shape index (κ2) is 4.69.